The first-order chi connectivity index (χ1) is 7.08. The Morgan fingerprint density at radius 2 is 2.00 bits per heavy atom. The maximum atomic E-state index is 11.0. The molecule has 4 nitrogen and oxygen atoms in total. The maximum Gasteiger partial charge on any atom is 0.221 e. The molecule has 15 heavy (non-hydrogen) atoms. The van der Waals surface area contributed by atoms with Crippen LogP contribution in [0.15, 0.2) is 16.6 Å². The standard InChI is InChI=1S/C10H12BrNO3/c1-6(13)12-8-4-7(11)5-9(14-2)10(8)15-3/h4-5H,1-3H3,(H,12,13). The minimum atomic E-state index is -0.159. The summed E-state index contributed by atoms with van der Waals surface area (Å²) in [6.45, 7) is 1.44. The third-order valence-electron chi connectivity index (χ3n) is 1.75. The first-order valence-electron chi connectivity index (χ1n) is 4.27. The molecular weight excluding hydrogens is 262 g/mol. The predicted molar refractivity (Wildman–Crippen MR) is 61.5 cm³/mol. The molecule has 0 bridgehead atoms. The second kappa shape index (κ2) is 5.02. The summed E-state index contributed by atoms with van der Waals surface area (Å²) in [7, 11) is 3.07. The van der Waals surface area contributed by atoms with Gasteiger partial charge in [0, 0.05) is 11.4 Å². The second-order valence-electron chi connectivity index (χ2n) is 2.87. The van der Waals surface area contributed by atoms with Crippen LogP contribution in [0.5, 0.6) is 11.5 Å². The van der Waals surface area contributed by atoms with Crippen molar-refractivity contribution >= 4 is 27.5 Å². The molecule has 0 aliphatic carbocycles. The molecule has 0 aliphatic heterocycles. The van der Waals surface area contributed by atoms with Crippen molar-refractivity contribution in [3.05, 3.63) is 16.6 Å². The largest absolute Gasteiger partial charge is 0.493 e. The van der Waals surface area contributed by atoms with Crippen molar-refractivity contribution in [2.24, 2.45) is 0 Å². The fourth-order valence-electron chi connectivity index (χ4n) is 1.21. The van der Waals surface area contributed by atoms with E-state index in [1.54, 1.807) is 19.2 Å². The average Bonchev–Trinajstić information content (AvgIpc) is 2.15. The Bertz CT molecular complexity index is 379. The number of rotatable bonds is 3. The van der Waals surface area contributed by atoms with Crippen LogP contribution in [0.4, 0.5) is 5.69 Å². The first kappa shape index (κ1) is 11.8. The van der Waals surface area contributed by atoms with E-state index in [4.69, 9.17) is 9.47 Å². The molecule has 0 atom stereocenters. The molecular formula is C10H12BrNO3. The van der Waals surface area contributed by atoms with Crippen molar-refractivity contribution in [1.29, 1.82) is 0 Å². The molecule has 0 unspecified atom stereocenters. The van der Waals surface area contributed by atoms with E-state index in [0.29, 0.717) is 17.2 Å². The molecule has 82 valence electrons. The Labute approximate surface area is 96.7 Å². The number of amides is 1. The van der Waals surface area contributed by atoms with Crippen LogP contribution in [-0.2, 0) is 4.79 Å². The van der Waals surface area contributed by atoms with Crippen LogP contribution in [0.1, 0.15) is 6.92 Å². The Balaban J connectivity index is 3.22. The molecule has 1 aromatic rings. The predicted octanol–water partition coefficient (Wildman–Crippen LogP) is 2.42. The molecule has 0 aromatic heterocycles. The maximum absolute atomic E-state index is 11.0. The molecule has 1 rings (SSSR count). The number of carbonyl (C=O) groups excluding carboxylic acids is 1. The van der Waals surface area contributed by atoms with Crippen LogP contribution in [0.25, 0.3) is 0 Å². The Morgan fingerprint density at radius 1 is 1.33 bits per heavy atom. The summed E-state index contributed by atoms with van der Waals surface area (Å²) < 4.78 is 11.1. The van der Waals surface area contributed by atoms with Crippen molar-refractivity contribution in [2.45, 2.75) is 6.92 Å². The summed E-state index contributed by atoms with van der Waals surface area (Å²) in [6, 6.07) is 3.52. The normalized spacial score (nSPS) is 9.60. The van der Waals surface area contributed by atoms with Crippen molar-refractivity contribution < 1.29 is 14.3 Å². The van der Waals surface area contributed by atoms with Crippen molar-refractivity contribution in [3.8, 4) is 11.5 Å². The summed E-state index contributed by atoms with van der Waals surface area (Å²) in [5.41, 5.74) is 0.580. The highest BCUT2D eigenvalue weighted by molar-refractivity contribution is 9.10. The number of carbonyl (C=O) groups is 1. The van der Waals surface area contributed by atoms with Crippen LogP contribution in [0.2, 0.25) is 0 Å². The van der Waals surface area contributed by atoms with E-state index >= 15 is 0 Å². The number of ether oxygens (including phenoxy) is 2. The lowest BCUT2D eigenvalue weighted by molar-refractivity contribution is -0.114. The zero-order valence-electron chi connectivity index (χ0n) is 8.76. The van der Waals surface area contributed by atoms with Gasteiger partial charge in [0.05, 0.1) is 19.9 Å². The van der Waals surface area contributed by atoms with Crippen LogP contribution in [0.3, 0.4) is 0 Å². The molecule has 1 N–H and O–H groups in total. The third-order valence-corrected chi connectivity index (χ3v) is 2.21. The van der Waals surface area contributed by atoms with Crippen molar-refractivity contribution in [1.82, 2.24) is 0 Å². The lowest BCUT2D eigenvalue weighted by atomic mass is 10.2. The molecule has 1 aromatic carbocycles. The summed E-state index contributed by atoms with van der Waals surface area (Å²) in [6.07, 6.45) is 0. The Kier molecular flexibility index (Phi) is 3.96. The topological polar surface area (TPSA) is 47.6 Å². The highest BCUT2D eigenvalue weighted by Crippen LogP contribution is 2.38. The number of methoxy groups -OCH3 is 2. The van der Waals surface area contributed by atoms with Gasteiger partial charge in [-0.05, 0) is 12.1 Å². The van der Waals surface area contributed by atoms with Crippen LogP contribution in [-0.4, -0.2) is 20.1 Å². The summed E-state index contributed by atoms with van der Waals surface area (Å²) in [4.78, 5) is 11.0. The minimum absolute atomic E-state index is 0.159. The molecule has 0 saturated heterocycles. The zero-order chi connectivity index (χ0) is 11.4. The molecule has 5 heteroatoms. The second-order valence-corrected chi connectivity index (χ2v) is 3.79. The van der Waals surface area contributed by atoms with Gasteiger partial charge in [0.15, 0.2) is 11.5 Å². The number of hydrogen-bond acceptors (Lipinski definition) is 3. The number of benzene rings is 1. The quantitative estimate of drug-likeness (QED) is 0.920. The van der Waals surface area contributed by atoms with Crippen molar-refractivity contribution in [2.75, 3.05) is 19.5 Å². The van der Waals surface area contributed by atoms with Crippen molar-refractivity contribution in [3.63, 3.8) is 0 Å². The third kappa shape index (κ3) is 2.86. The van der Waals surface area contributed by atoms with Gasteiger partial charge in [0.1, 0.15) is 0 Å². The van der Waals surface area contributed by atoms with Crippen LogP contribution >= 0.6 is 15.9 Å². The zero-order valence-corrected chi connectivity index (χ0v) is 10.3. The first-order valence-corrected chi connectivity index (χ1v) is 5.07. The number of nitrogens with one attached hydrogen (secondary N) is 1. The van der Waals surface area contributed by atoms with Gasteiger partial charge in [0.2, 0.25) is 5.91 Å². The van der Waals surface area contributed by atoms with Gasteiger partial charge in [-0.3, -0.25) is 4.79 Å². The smallest absolute Gasteiger partial charge is 0.221 e. The number of anilines is 1. The van der Waals surface area contributed by atoms with E-state index in [1.165, 1.54) is 14.0 Å². The highest BCUT2D eigenvalue weighted by Gasteiger charge is 2.12. The van der Waals surface area contributed by atoms with E-state index in [0.717, 1.165) is 4.47 Å². The lowest BCUT2D eigenvalue weighted by Gasteiger charge is -2.13. The summed E-state index contributed by atoms with van der Waals surface area (Å²) in [5.74, 6) is 0.917. The number of hydrogen-bond donors (Lipinski definition) is 1. The van der Waals surface area contributed by atoms with Gasteiger partial charge >= 0.3 is 0 Å². The molecule has 0 heterocycles. The monoisotopic (exact) mass is 273 g/mol. The summed E-state index contributed by atoms with van der Waals surface area (Å²) in [5, 5.41) is 2.67. The van der Waals surface area contributed by atoms with E-state index in [2.05, 4.69) is 21.2 Å². The fourth-order valence-corrected chi connectivity index (χ4v) is 1.65. The molecule has 0 fully saturated rings. The van der Waals surface area contributed by atoms with Gasteiger partial charge in [-0.1, -0.05) is 15.9 Å². The lowest BCUT2D eigenvalue weighted by Crippen LogP contribution is -2.07. The Hall–Kier alpha value is -1.23. The Morgan fingerprint density at radius 3 is 2.47 bits per heavy atom. The molecule has 0 spiro atoms. The summed E-state index contributed by atoms with van der Waals surface area (Å²) >= 11 is 3.32. The molecule has 0 radical (unpaired) electrons. The van der Waals surface area contributed by atoms with Crippen LogP contribution in [0, 0.1) is 0 Å². The van der Waals surface area contributed by atoms with E-state index < -0.39 is 0 Å². The van der Waals surface area contributed by atoms with Gasteiger partial charge in [-0.2, -0.15) is 0 Å². The minimum Gasteiger partial charge on any atom is -0.493 e. The highest BCUT2D eigenvalue weighted by atomic mass is 79.9. The van der Waals surface area contributed by atoms with E-state index in [-0.39, 0.29) is 5.91 Å². The van der Waals surface area contributed by atoms with E-state index in [9.17, 15) is 4.79 Å². The van der Waals surface area contributed by atoms with Crippen LogP contribution < -0.4 is 14.8 Å². The van der Waals surface area contributed by atoms with Gasteiger partial charge in [-0.15, -0.1) is 0 Å². The molecule has 1 amide bonds. The molecule has 0 saturated carbocycles. The van der Waals surface area contributed by atoms with Gasteiger partial charge < -0.3 is 14.8 Å². The van der Waals surface area contributed by atoms with E-state index in [1.807, 2.05) is 0 Å². The SMILES string of the molecule is COc1cc(Br)cc(NC(C)=O)c1OC. The average molecular weight is 274 g/mol. The molecule has 0 aliphatic rings. The fraction of sp³-hybridized carbons (Fsp3) is 0.300. The number of halogens is 1. The van der Waals surface area contributed by atoms with Gasteiger partial charge in [-0.25, -0.2) is 0 Å². The van der Waals surface area contributed by atoms with Gasteiger partial charge in [0.25, 0.3) is 0 Å².